The second-order valence-electron chi connectivity index (χ2n) is 9.14. The number of carbonyl (C=O) groups is 2. The summed E-state index contributed by atoms with van der Waals surface area (Å²) in [5, 5.41) is 11.6. The van der Waals surface area contributed by atoms with Gasteiger partial charge in [-0.05, 0) is 55.7 Å². The van der Waals surface area contributed by atoms with Gasteiger partial charge in [-0.25, -0.2) is 14.0 Å². The molecule has 2 aromatic rings. The number of halogens is 8. The first kappa shape index (κ1) is 34.6. The molecule has 2 amide bonds. The van der Waals surface area contributed by atoms with Crippen LogP contribution in [-0.2, 0) is 16.0 Å². The Bertz CT molecular complexity index is 1160. The average molecular weight is 615 g/mol. The summed E-state index contributed by atoms with van der Waals surface area (Å²) in [6.45, 7) is 1.25. The number of unbranched alkanes of at least 4 members (excludes halogenated alkanes) is 1. The lowest BCUT2D eigenvalue weighted by Gasteiger charge is -2.28. The summed E-state index contributed by atoms with van der Waals surface area (Å²) >= 11 is 0. The molecule has 1 atom stereocenters. The zero-order valence-electron chi connectivity index (χ0n) is 22.4. The molecule has 0 saturated heterocycles. The highest BCUT2D eigenvalue weighted by molar-refractivity contribution is 5.89. The molecule has 2 aromatic carbocycles. The molecule has 15 heteroatoms. The lowest BCUT2D eigenvalue weighted by atomic mass is 10.0. The third-order valence-electron chi connectivity index (χ3n) is 5.96. The van der Waals surface area contributed by atoms with Crippen LogP contribution in [0.3, 0.4) is 0 Å². The molecule has 0 aliphatic carbocycles. The Morgan fingerprint density at radius 3 is 2.21 bits per heavy atom. The largest absolute Gasteiger partial charge is 0.492 e. The van der Waals surface area contributed by atoms with Gasteiger partial charge in [-0.3, -0.25) is 0 Å². The predicted molar refractivity (Wildman–Crippen MR) is 135 cm³/mol. The van der Waals surface area contributed by atoms with Gasteiger partial charge in [0.25, 0.3) is 0 Å². The molecule has 0 spiro atoms. The smallest absolute Gasteiger partial charge is 0.459 e. The van der Waals surface area contributed by atoms with Crippen LogP contribution in [0, 0.1) is 5.82 Å². The van der Waals surface area contributed by atoms with E-state index >= 15 is 0 Å². The number of benzene rings is 2. The molecule has 2 N–H and O–H groups in total. The number of nitrogens with one attached hydrogen (secondary N) is 1. The fourth-order valence-corrected chi connectivity index (χ4v) is 3.73. The van der Waals surface area contributed by atoms with Gasteiger partial charge in [0.2, 0.25) is 0 Å². The lowest BCUT2D eigenvalue weighted by Crippen LogP contribution is -2.51. The molecule has 0 aliphatic rings. The van der Waals surface area contributed by atoms with E-state index in [1.165, 1.54) is 12.1 Å². The second kappa shape index (κ2) is 15.0. The Kier molecular flexibility index (Phi) is 12.4. The number of nitrogens with zero attached hydrogens (tertiary/aromatic N) is 1. The van der Waals surface area contributed by atoms with Crippen LogP contribution in [0.4, 0.5) is 45.6 Å². The number of aliphatic carboxylic acids is 1. The van der Waals surface area contributed by atoms with Crippen molar-refractivity contribution in [1.29, 1.82) is 0 Å². The lowest BCUT2D eigenvalue weighted by molar-refractivity contribution is -0.355. The first-order chi connectivity index (χ1) is 19.6. The van der Waals surface area contributed by atoms with Crippen molar-refractivity contribution < 1.29 is 59.3 Å². The van der Waals surface area contributed by atoms with Crippen molar-refractivity contribution in [2.45, 2.75) is 56.7 Å². The summed E-state index contributed by atoms with van der Waals surface area (Å²) < 4.78 is 115. The molecule has 42 heavy (non-hydrogen) atoms. The van der Waals surface area contributed by atoms with Crippen molar-refractivity contribution >= 4 is 17.7 Å². The maximum Gasteiger partial charge on any atom is 0.459 e. The van der Waals surface area contributed by atoms with Crippen molar-refractivity contribution in [2.24, 2.45) is 0 Å². The minimum atomic E-state index is -6.43. The summed E-state index contributed by atoms with van der Waals surface area (Å²) in [5.74, 6) is -13.0. The highest BCUT2D eigenvalue weighted by Crippen LogP contribution is 2.48. The number of carboxylic acid groups (broad SMARTS) is 1. The van der Waals surface area contributed by atoms with Crippen molar-refractivity contribution in [1.82, 2.24) is 4.90 Å². The van der Waals surface area contributed by atoms with Crippen molar-refractivity contribution in [3.05, 3.63) is 59.9 Å². The monoisotopic (exact) mass is 614 g/mol. The van der Waals surface area contributed by atoms with Gasteiger partial charge in [0.1, 0.15) is 18.2 Å². The number of carbonyl (C=O) groups excluding carboxylic acids is 1. The average Bonchev–Trinajstić information content (AvgIpc) is 2.89. The topological polar surface area (TPSA) is 88.1 Å². The summed E-state index contributed by atoms with van der Waals surface area (Å²) in [4.78, 5) is 25.1. The molecular formula is C27H30F8N2O5. The van der Waals surface area contributed by atoms with Gasteiger partial charge >= 0.3 is 30.0 Å². The number of alkyl halides is 7. The summed E-state index contributed by atoms with van der Waals surface area (Å²) in [6.07, 6.45) is -10.2. The maximum atomic E-state index is 13.6. The minimum Gasteiger partial charge on any atom is -0.492 e. The fourth-order valence-electron chi connectivity index (χ4n) is 3.73. The first-order valence-corrected chi connectivity index (χ1v) is 12.8. The van der Waals surface area contributed by atoms with Gasteiger partial charge in [0.15, 0.2) is 6.10 Å². The molecule has 1 unspecified atom stereocenters. The minimum absolute atomic E-state index is 0.0598. The van der Waals surface area contributed by atoms with Gasteiger partial charge in [-0.15, -0.1) is 0 Å². The number of amides is 2. The second-order valence-corrected chi connectivity index (χ2v) is 9.14. The number of hydrogen-bond acceptors (Lipinski definition) is 4. The van der Waals surface area contributed by atoms with Crippen molar-refractivity contribution in [3.63, 3.8) is 0 Å². The Labute approximate surface area is 236 Å². The van der Waals surface area contributed by atoms with E-state index in [0.717, 1.165) is 17.0 Å². The molecule has 0 heterocycles. The number of anilines is 1. The number of hydrogen-bond donors (Lipinski definition) is 2. The zero-order chi connectivity index (χ0) is 31.6. The molecule has 2 rings (SSSR count). The van der Waals surface area contributed by atoms with E-state index < -0.39 is 54.8 Å². The van der Waals surface area contributed by atoms with Crippen LogP contribution in [0.15, 0.2) is 48.5 Å². The van der Waals surface area contributed by atoms with E-state index in [9.17, 15) is 49.8 Å². The van der Waals surface area contributed by atoms with Crippen molar-refractivity contribution in [3.8, 4) is 5.75 Å². The number of ether oxygens (including phenoxy) is 2. The highest BCUT2D eigenvalue weighted by Gasteiger charge is 2.72. The van der Waals surface area contributed by atoms with E-state index in [0.29, 0.717) is 11.3 Å². The Morgan fingerprint density at radius 1 is 0.976 bits per heavy atom. The van der Waals surface area contributed by atoms with E-state index in [4.69, 9.17) is 9.47 Å². The van der Waals surface area contributed by atoms with Crippen LogP contribution in [0.1, 0.15) is 31.7 Å². The Morgan fingerprint density at radius 2 is 1.64 bits per heavy atom. The van der Waals surface area contributed by atoms with E-state index in [-0.39, 0.29) is 44.8 Å². The Balaban J connectivity index is 2.00. The normalized spacial score (nSPS) is 13.0. The van der Waals surface area contributed by atoms with Crippen LogP contribution >= 0.6 is 0 Å². The molecule has 0 aliphatic heterocycles. The van der Waals surface area contributed by atoms with Crippen LogP contribution in [0.25, 0.3) is 0 Å². The van der Waals surface area contributed by atoms with Gasteiger partial charge in [-0.2, -0.15) is 30.7 Å². The van der Waals surface area contributed by atoms with Crippen LogP contribution < -0.4 is 10.1 Å². The third kappa shape index (κ3) is 10.0. The molecule has 0 radical (unpaired) electrons. The van der Waals surface area contributed by atoms with Gasteiger partial charge < -0.3 is 24.8 Å². The van der Waals surface area contributed by atoms with Crippen LogP contribution in [0.2, 0.25) is 0 Å². The third-order valence-corrected chi connectivity index (χ3v) is 5.96. The molecular weight excluding hydrogens is 584 g/mol. The van der Waals surface area contributed by atoms with Crippen LogP contribution in [-0.4, -0.2) is 72.4 Å². The number of carboxylic acids is 1. The highest BCUT2D eigenvalue weighted by atomic mass is 19.4. The van der Waals surface area contributed by atoms with E-state index in [1.54, 1.807) is 31.2 Å². The standard InChI is InChI=1S/C27H30F8N2O5/c1-2-41-22(23(38)39)16-18-8-10-21(11-9-18)42-15-14-37(24(40)36-20-7-5-6-19(28)17-20)13-4-3-12-25(29,30)26(31,32)27(33,34)35/h5-11,17,22H,2-4,12-16H2,1H3,(H,36,40)(H,38,39). The zero-order valence-corrected chi connectivity index (χ0v) is 22.4. The predicted octanol–water partition coefficient (Wildman–Crippen LogP) is 6.77. The molecule has 234 valence electrons. The molecule has 7 nitrogen and oxygen atoms in total. The number of urea groups is 1. The fraction of sp³-hybridized carbons (Fsp3) is 0.481. The van der Waals surface area contributed by atoms with E-state index in [1.807, 2.05) is 0 Å². The van der Waals surface area contributed by atoms with E-state index in [2.05, 4.69) is 5.32 Å². The summed E-state index contributed by atoms with van der Waals surface area (Å²) in [6, 6.07) is 10.3. The first-order valence-electron chi connectivity index (χ1n) is 12.8. The molecule has 0 saturated carbocycles. The van der Waals surface area contributed by atoms with Gasteiger partial charge in [0, 0.05) is 31.7 Å². The summed E-state index contributed by atoms with van der Waals surface area (Å²) in [5.41, 5.74) is 0.705. The van der Waals surface area contributed by atoms with Crippen LogP contribution in [0.5, 0.6) is 5.75 Å². The quantitative estimate of drug-likeness (QED) is 0.161. The molecule has 0 aromatic heterocycles. The van der Waals surface area contributed by atoms with Crippen molar-refractivity contribution in [2.75, 3.05) is 31.6 Å². The Hall–Kier alpha value is -3.62. The van der Waals surface area contributed by atoms with Gasteiger partial charge in [-0.1, -0.05) is 18.2 Å². The van der Waals surface area contributed by atoms with Gasteiger partial charge in [0.05, 0.1) is 6.54 Å². The number of rotatable bonds is 16. The SMILES string of the molecule is CCOC(Cc1ccc(OCCN(CCCCC(F)(F)C(F)(F)C(F)(F)F)C(=O)Nc2cccc(F)c2)cc1)C(=O)O. The summed E-state index contributed by atoms with van der Waals surface area (Å²) in [7, 11) is 0. The molecule has 0 fully saturated rings. The molecule has 0 bridgehead atoms. The maximum absolute atomic E-state index is 13.6.